The Morgan fingerprint density at radius 2 is 1.74 bits per heavy atom. The first-order valence-corrected chi connectivity index (χ1v) is 7.97. The highest BCUT2D eigenvalue weighted by Crippen LogP contribution is 2.19. The molecule has 0 saturated carbocycles. The maximum Gasteiger partial charge on any atom is 0.287 e. The molecule has 0 fully saturated rings. The van der Waals surface area contributed by atoms with E-state index >= 15 is 0 Å². The average molecular weight is 365 g/mol. The molecule has 0 radical (unpaired) electrons. The lowest BCUT2D eigenvalue weighted by Gasteiger charge is -2.15. The van der Waals surface area contributed by atoms with Crippen LogP contribution in [0.4, 0.5) is 0 Å². The Bertz CT molecular complexity index is 956. The van der Waals surface area contributed by atoms with Crippen LogP contribution in [0.2, 0.25) is 0 Å². The number of amides is 2. The monoisotopic (exact) mass is 365 g/mol. The summed E-state index contributed by atoms with van der Waals surface area (Å²) in [6, 6.07) is 11.0. The van der Waals surface area contributed by atoms with Crippen LogP contribution in [0.15, 0.2) is 59.5 Å². The Balaban J connectivity index is 1.84. The normalized spacial score (nSPS) is 11.6. The fraction of sp³-hybridized carbons (Fsp3) is 0.111. The SMILES string of the molecule is NC(=O)C(=O)C(Cc1ccccc1)NC(=O)c1nonc1-c1ccncc1. The van der Waals surface area contributed by atoms with Gasteiger partial charge in [0.1, 0.15) is 11.7 Å². The number of aromatic nitrogens is 3. The zero-order valence-electron chi connectivity index (χ0n) is 14.0. The molecule has 1 unspecified atom stereocenters. The van der Waals surface area contributed by atoms with Crippen molar-refractivity contribution >= 4 is 17.6 Å². The smallest absolute Gasteiger partial charge is 0.287 e. The number of Topliss-reactive ketones (excluding diaryl/α,β-unsaturated/α-hetero) is 1. The zero-order valence-corrected chi connectivity index (χ0v) is 14.0. The van der Waals surface area contributed by atoms with Crippen molar-refractivity contribution in [1.82, 2.24) is 20.6 Å². The van der Waals surface area contributed by atoms with E-state index in [0.29, 0.717) is 5.56 Å². The third-order valence-corrected chi connectivity index (χ3v) is 3.80. The van der Waals surface area contributed by atoms with Crippen LogP contribution in [0.1, 0.15) is 16.1 Å². The topological polar surface area (TPSA) is 141 Å². The molecule has 2 amide bonds. The molecule has 0 bridgehead atoms. The fourth-order valence-corrected chi connectivity index (χ4v) is 2.49. The van der Waals surface area contributed by atoms with E-state index in [4.69, 9.17) is 5.73 Å². The molecule has 0 saturated heterocycles. The molecule has 2 heterocycles. The molecule has 1 atom stereocenters. The molecular formula is C18H15N5O4. The number of rotatable bonds is 7. The first kappa shape index (κ1) is 17.9. The van der Waals surface area contributed by atoms with Gasteiger partial charge >= 0.3 is 0 Å². The van der Waals surface area contributed by atoms with Crippen LogP contribution in [0.5, 0.6) is 0 Å². The molecule has 9 heteroatoms. The van der Waals surface area contributed by atoms with Crippen molar-refractivity contribution in [2.24, 2.45) is 5.73 Å². The molecule has 3 aromatic rings. The lowest BCUT2D eigenvalue weighted by atomic mass is 10.0. The Kier molecular flexibility index (Phi) is 5.31. The Hall–Kier alpha value is -3.88. The van der Waals surface area contributed by atoms with Crippen molar-refractivity contribution in [3.8, 4) is 11.3 Å². The van der Waals surface area contributed by atoms with Gasteiger partial charge in [0.15, 0.2) is 5.69 Å². The molecule has 2 aromatic heterocycles. The lowest BCUT2D eigenvalue weighted by molar-refractivity contribution is -0.137. The average Bonchev–Trinajstić information content (AvgIpc) is 3.18. The standard InChI is InChI=1S/C18H15N5O4/c19-17(25)16(24)13(10-11-4-2-1-3-5-11)21-18(26)15-14(22-27-23-15)12-6-8-20-9-7-12/h1-9,13H,10H2,(H2,19,25)(H,21,26). The minimum absolute atomic E-state index is 0.101. The molecule has 0 aliphatic heterocycles. The highest BCUT2D eigenvalue weighted by Gasteiger charge is 2.28. The summed E-state index contributed by atoms with van der Waals surface area (Å²) < 4.78 is 4.67. The van der Waals surface area contributed by atoms with E-state index in [2.05, 4.69) is 25.2 Å². The second kappa shape index (κ2) is 8.00. The van der Waals surface area contributed by atoms with E-state index in [0.717, 1.165) is 5.56 Å². The van der Waals surface area contributed by atoms with E-state index in [9.17, 15) is 14.4 Å². The number of hydrogen-bond donors (Lipinski definition) is 2. The van der Waals surface area contributed by atoms with Gasteiger partial charge in [-0.1, -0.05) is 30.3 Å². The highest BCUT2D eigenvalue weighted by molar-refractivity contribution is 6.38. The largest absolute Gasteiger partial charge is 0.363 e. The number of hydrogen-bond acceptors (Lipinski definition) is 7. The molecular weight excluding hydrogens is 350 g/mol. The van der Waals surface area contributed by atoms with Gasteiger partial charge in [-0.25, -0.2) is 4.63 Å². The maximum atomic E-state index is 12.6. The van der Waals surface area contributed by atoms with Crippen molar-refractivity contribution in [3.63, 3.8) is 0 Å². The van der Waals surface area contributed by atoms with E-state index in [1.807, 2.05) is 6.07 Å². The van der Waals surface area contributed by atoms with Gasteiger partial charge in [-0.2, -0.15) is 0 Å². The van der Waals surface area contributed by atoms with Crippen LogP contribution in [0, 0.1) is 0 Å². The summed E-state index contributed by atoms with van der Waals surface area (Å²) in [7, 11) is 0. The summed E-state index contributed by atoms with van der Waals surface area (Å²) in [4.78, 5) is 40.0. The first-order chi connectivity index (χ1) is 13.1. The summed E-state index contributed by atoms with van der Waals surface area (Å²) in [5.74, 6) is -2.75. The lowest BCUT2D eigenvalue weighted by Crippen LogP contribution is -2.47. The van der Waals surface area contributed by atoms with Crippen molar-refractivity contribution in [2.45, 2.75) is 12.5 Å². The van der Waals surface area contributed by atoms with Gasteiger partial charge in [0.05, 0.1) is 0 Å². The summed E-state index contributed by atoms with van der Waals surface area (Å²) >= 11 is 0. The molecule has 1 aromatic carbocycles. The number of carbonyl (C=O) groups excluding carboxylic acids is 3. The molecule has 9 nitrogen and oxygen atoms in total. The summed E-state index contributed by atoms with van der Waals surface area (Å²) in [6.45, 7) is 0. The second-order valence-corrected chi connectivity index (χ2v) is 5.64. The maximum absolute atomic E-state index is 12.6. The number of primary amides is 1. The number of pyridine rings is 1. The number of nitrogens with zero attached hydrogens (tertiary/aromatic N) is 3. The minimum Gasteiger partial charge on any atom is -0.363 e. The van der Waals surface area contributed by atoms with Crippen LogP contribution >= 0.6 is 0 Å². The van der Waals surface area contributed by atoms with Crippen molar-refractivity contribution in [3.05, 3.63) is 66.1 Å². The summed E-state index contributed by atoms with van der Waals surface area (Å²) in [5, 5.41) is 9.83. The van der Waals surface area contributed by atoms with Crippen LogP contribution < -0.4 is 11.1 Å². The van der Waals surface area contributed by atoms with E-state index in [1.165, 1.54) is 12.4 Å². The van der Waals surface area contributed by atoms with Crippen molar-refractivity contribution < 1.29 is 19.0 Å². The van der Waals surface area contributed by atoms with Crippen LogP contribution in [0.25, 0.3) is 11.3 Å². The van der Waals surface area contributed by atoms with Crippen LogP contribution in [0.3, 0.4) is 0 Å². The number of nitrogens with two attached hydrogens (primary N) is 1. The van der Waals surface area contributed by atoms with Gasteiger partial charge in [0.25, 0.3) is 11.8 Å². The van der Waals surface area contributed by atoms with Crippen LogP contribution in [-0.2, 0) is 16.0 Å². The fourth-order valence-electron chi connectivity index (χ4n) is 2.49. The summed E-state index contributed by atoms with van der Waals surface area (Å²) in [6.07, 6.45) is 3.16. The van der Waals surface area contributed by atoms with Crippen molar-refractivity contribution in [2.75, 3.05) is 0 Å². The zero-order chi connectivity index (χ0) is 19.2. The second-order valence-electron chi connectivity index (χ2n) is 5.64. The molecule has 0 aliphatic rings. The third-order valence-electron chi connectivity index (χ3n) is 3.80. The Morgan fingerprint density at radius 3 is 2.41 bits per heavy atom. The number of nitrogens with one attached hydrogen (secondary N) is 1. The van der Waals surface area contributed by atoms with Gasteiger partial charge in [-0.15, -0.1) is 0 Å². The van der Waals surface area contributed by atoms with Gasteiger partial charge in [-0.3, -0.25) is 19.4 Å². The van der Waals surface area contributed by atoms with Crippen molar-refractivity contribution in [1.29, 1.82) is 0 Å². The first-order valence-electron chi connectivity index (χ1n) is 7.97. The highest BCUT2D eigenvalue weighted by atomic mass is 16.6. The number of ketones is 1. The van der Waals surface area contributed by atoms with E-state index in [-0.39, 0.29) is 17.8 Å². The van der Waals surface area contributed by atoms with E-state index in [1.54, 1.807) is 36.4 Å². The predicted octanol–water partition coefficient (Wildman–Crippen LogP) is 0.527. The van der Waals surface area contributed by atoms with Gasteiger partial charge in [-0.05, 0) is 28.0 Å². The third kappa shape index (κ3) is 4.21. The quantitative estimate of drug-likeness (QED) is 0.582. The van der Waals surface area contributed by atoms with Gasteiger partial charge in [0.2, 0.25) is 5.78 Å². The predicted molar refractivity (Wildman–Crippen MR) is 93.1 cm³/mol. The Labute approximate surface area is 153 Å². The minimum atomic E-state index is -1.14. The van der Waals surface area contributed by atoms with E-state index < -0.39 is 23.6 Å². The number of carbonyl (C=O) groups is 3. The Morgan fingerprint density at radius 1 is 1.04 bits per heavy atom. The molecule has 3 N–H and O–H groups in total. The molecule has 0 spiro atoms. The van der Waals surface area contributed by atoms with Gasteiger partial charge in [0, 0.05) is 24.4 Å². The van der Waals surface area contributed by atoms with Gasteiger partial charge < -0.3 is 11.1 Å². The number of benzene rings is 1. The molecule has 136 valence electrons. The van der Waals surface area contributed by atoms with Crippen LogP contribution in [-0.4, -0.2) is 38.9 Å². The summed E-state index contributed by atoms with van der Waals surface area (Å²) in [5.41, 5.74) is 6.51. The molecule has 0 aliphatic carbocycles. The molecule has 3 rings (SSSR count). The molecule has 27 heavy (non-hydrogen) atoms.